The highest BCUT2D eigenvalue weighted by Gasteiger charge is 2.46. The summed E-state index contributed by atoms with van der Waals surface area (Å²) in [6.07, 6.45) is -5.36. The van der Waals surface area contributed by atoms with Crippen LogP contribution in [0.5, 0.6) is 0 Å². The Kier molecular flexibility index (Phi) is 7.41. The molecule has 1 heterocycles. The highest BCUT2D eigenvalue weighted by molar-refractivity contribution is 5.73. The summed E-state index contributed by atoms with van der Waals surface area (Å²) in [6.45, 7) is 1.12. The Labute approximate surface area is 198 Å². The molecular weight excluding hydrogens is 434 g/mol. The van der Waals surface area contributed by atoms with Gasteiger partial charge in [-0.05, 0) is 16.7 Å². The third-order valence-corrected chi connectivity index (χ3v) is 6.10. The van der Waals surface area contributed by atoms with Crippen LogP contribution < -0.4 is 5.32 Å². The molecule has 0 aromatic heterocycles. The van der Waals surface area contributed by atoms with Crippen molar-refractivity contribution in [3.05, 3.63) is 108 Å². The monoisotopic (exact) mass is 463 g/mol. The lowest BCUT2D eigenvalue weighted by Crippen LogP contribution is -2.64. The van der Waals surface area contributed by atoms with E-state index in [9.17, 15) is 20.1 Å². The number of carbonyl (C=O) groups excluding carboxylic acids is 1. The van der Waals surface area contributed by atoms with Gasteiger partial charge >= 0.3 is 0 Å². The molecule has 1 aliphatic rings. The smallest absolute Gasteiger partial charge is 0.217 e. The number of amides is 1. The van der Waals surface area contributed by atoms with Crippen molar-refractivity contribution in [2.24, 2.45) is 0 Å². The van der Waals surface area contributed by atoms with Crippen LogP contribution in [0.1, 0.15) is 23.6 Å². The summed E-state index contributed by atoms with van der Waals surface area (Å²) in [5, 5.41) is 34.1. The first-order valence-electron chi connectivity index (χ1n) is 11.2. The molecule has 5 atom stereocenters. The van der Waals surface area contributed by atoms with Crippen LogP contribution in [0.3, 0.4) is 0 Å². The quantitative estimate of drug-likeness (QED) is 0.399. The maximum absolute atomic E-state index is 11.4. The predicted octanol–water partition coefficient (Wildman–Crippen LogP) is 1.94. The van der Waals surface area contributed by atoms with Crippen LogP contribution in [-0.2, 0) is 19.9 Å². The molecule has 3 aromatic rings. The van der Waals surface area contributed by atoms with Gasteiger partial charge < -0.3 is 30.1 Å². The molecule has 7 heteroatoms. The average molecular weight is 464 g/mol. The highest BCUT2D eigenvalue weighted by Crippen LogP contribution is 2.41. The van der Waals surface area contributed by atoms with Gasteiger partial charge in [-0.2, -0.15) is 0 Å². The number of aliphatic hydroxyl groups excluding tert-OH is 3. The fourth-order valence-corrected chi connectivity index (χ4v) is 4.45. The third-order valence-electron chi connectivity index (χ3n) is 6.10. The van der Waals surface area contributed by atoms with E-state index in [1.807, 2.05) is 91.0 Å². The summed E-state index contributed by atoms with van der Waals surface area (Å²) >= 11 is 0. The second kappa shape index (κ2) is 10.5. The number of aliphatic hydroxyl groups is 3. The van der Waals surface area contributed by atoms with E-state index in [4.69, 9.17) is 9.47 Å². The topological polar surface area (TPSA) is 108 Å². The van der Waals surface area contributed by atoms with Crippen molar-refractivity contribution in [3.8, 4) is 0 Å². The zero-order valence-corrected chi connectivity index (χ0v) is 18.8. The van der Waals surface area contributed by atoms with Gasteiger partial charge in [-0.3, -0.25) is 4.79 Å². The molecule has 178 valence electrons. The zero-order valence-electron chi connectivity index (χ0n) is 18.8. The van der Waals surface area contributed by atoms with Crippen molar-refractivity contribution >= 4 is 5.91 Å². The summed E-state index contributed by atoms with van der Waals surface area (Å²) in [7, 11) is 0. The van der Waals surface area contributed by atoms with Crippen LogP contribution in [0.2, 0.25) is 0 Å². The van der Waals surface area contributed by atoms with E-state index in [-0.39, 0.29) is 6.61 Å². The molecule has 0 spiro atoms. The van der Waals surface area contributed by atoms with Crippen LogP contribution in [0.25, 0.3) is 0 Å². The maximum atomic E-state index is 11.4. The van der Waals surface area contributed by atoms with E-state index in [1.165, 1.54) is 6.92 Å². The van der Waals surface area contributed by atoms with E-state index >= 15 is 0 Å². The van der Waals surface area contributed by atoms with E-state index < -0.39 is 42.2 Å². The van der Waals surface area contributed by atoms with Gasteiger partial charge in [0.25, 0.3) is 0 Å². The maximum Gasteiger partial charge on any atom is 0.217 e. The third kappa shape index (κ3) is 4.75. The van der Waals surface area contributed by atoms with E-state index in [0.29, 0.717) is 0 Å². The lowest BCUT2D eigenvalue weighted by molar-refractivity contribution is -0.261. The molecule has 1 amide bonds. The SMILES string of the molecule is CC(=O)N[C@@H]1[C@@H](O)[C@H](O)[C@@H](COC(c2ccccc2)(c2ccccc2)c2ccccc2)O[C@@H]1O. The standard InChI is InChI=1S/C27H29NO6/c1-18(29)28-23-25(31)24(30)22(34-26(23)32)17-33-27(19-11-5-2-6-12-19,20-13-7-3-8-14-20)21-15-9-4-10-16-21/h2-16,22-26,30-32H,17H2,1H3,(H,28,29)/t22-,23-,24-,25-,26+/m1/s1. The number of hydrogen-bond acceptors (Lipinski definition) is 6. The lowest BCUT2D eigenvalue weighted by Gasteiger charge is -2.43. The molecule has 34 heavy (non-hydrogen) atoms. The molecule has 1 aliphatic heterocycles. The Hall–Kier alpha value is -3.07. The fraction of sp³-hybridized carbons (Fsp3) is 0.296. The van der Waals surface area contributed by atoms with Crippen molar-refractivity contribution < 1.29 is 29.6 Å². The number of hydrogen-bond donors (Lipinski definition) is 4. The molecule has 4 N–H and O–H groups in total. The van der Waals surface area contributed by atoms with Gasteiger partial charge in [0.1, 0.15) is 30.0 Å². The van der Waals surface area contributed by atoms with Crippen molar-refractivity contribution in [3.63, 3.8) is 0 Å². The number of ether oxygens (including phenoxy) is 2. The first kappa shape index (κ1) is 24.1. The molecule has 0 radical (unpaired) electrons. The van der Waals surface area contributed by atoms with Gasteiger partial charge in [0.15, 0.2) is 6.29 Å². The molecule has 0 aliphatic carbocycles. The van der Waals surface area contributed by atoms with Gasteiger partial charge in [0.05, 0.1) is 6.61 Å². The van der Waals surface area contributed by atoms with Crippen LogP contribution in [0.15, 0.2) is 91.0 Å². The Morgan fingerprint density at radius 3 is 1.68 bits per heavy atom. The van der Waals surface area contributed by atoms with Crippen LogP contribution in [0.4, 0.5) is 0 Å². The second-order valence-electron chi connectivity index (χ2n) is 8.36. The van der Waals surface area contributed by atoms with E-state index in [2.05, 4.69) is 5.32 Å². The van der Waals surface area contributed by atoms with Crippen molar-refractivity contribution in [1.82, 2.24) is 5.32 Å². The summed E-state index contributed by atoms with van der Waals surface area (Å²) in [6, 6.07) is 28.0. The highest BCUT2D eigenvalue weighted by atomic mass is 16.6. The zero-order chi connectivity index (χ0) is 24.1. The molecule has 0 unspecified atom stereocenters. The number of nitrogens with one attached hydrogen (secondary N) is 1. The first-order chi connectivity index (χ1) is 16.4. The van der Waals surface area contributed by atoms with Crippen LogP contribution in [0, 0.1) is 0 Å². The van der Waals surface area contributed by atoms with E-state index in [1.54, 1.807) is 0 Å². The normalized spacial score (nSPS) is 25.0. The van der Waals surface area contributed by atoms with Crippen LogP contribution >= 0.6 is 0 Å². The Balaban J connectivity index is 1.71. The summed E-state index contributed by atoms with van der Waals surface area (Å²) in [5.74, 6) is -0.454. The molecule has 7 nitrogen and oxygen atoms in total. The Morgan fingerprint density at radius 2 is 1.26 bits per heavy atom. The Bertz CT molecular complexity index is 966. The van der Waals surface area contributed by atoms with Gasteiger partial charge in [-0.1, -0.05) is 91.0 Å². The van der Waals surface area contributed by atoms with Crippen molar-refractivity contribution in [2.75, 3.05) is 6.61 Å². The van der Waals surface area contributed by atoms with Crippen LogP contribution in [-0.4, -0.2) is 58.5 Å². The minimum Gasteiger partial charge on any atom is -0.388 e. The average Bonchev–Trinajstić information content (AvgIpc) is 2.87. The van der Waals surface area contributed by atoms with E-state index in [0.717, 1.165) is 16.7 Å². The summed E-state index contributed by atoms with van der Waals surface area (Å²) in [4.78, 5) is 11.4. The second-order valence-corrected chi connectivity index (χ2v) is 8.36. The van der Waals surface area contributed by atoms with Crippen molar-refractivity contribution in [1.29, 1.82) is 0 Å². The summed E-state index contributed by atoms with van der Waals surface area (Å²) < 4.78 is 12.2. The molecule has 4 rings (SSSR count). The number of rotatable bonds is 7. The summed E-state index contributed by atoms with van der Waals surface area (Å²) in [5.41, 5.74) is 1.57. The Morgan fingerprint density at radius 1 is 0.824 bits per heavy atom. The molecule has 0 bridgehead atoms. The van der Waals surface area contributed by atoms with Gasteiger partial charge in [0, 0.05) is 6.92 Å². The largest absolute Gasteiger partial charge is 0.388 e. The van der Waals surface area contributed by atoms with Gasteiger partial charge in [-0.25, -0.2) is 0 Å². The fourth-order valence-electron chi connectivity index (χ4n) is 4.45. The minimum absolute atomic E-state index is 0.138. The van der Waals surface area contributed by atoms with Crippen molar-refractivity contribution in [2.45, 2.75) is 43.2 Å². The predicted molar refractivity (Wildman–Crippen MR) is 126 cm³/mol. The first-order valence-corrected chi connectivity index (χ1v) is 11.2. The minimum atomic E-state index is -1.50. The molecular formula is C27H29NO6. The molecule has 1 saturated heterocycles. The molecule has 0 saturated carbocycles. The molecule has 3 aromatic carbocycles. The number of benzene rings is 3. The van der Waals surface area contributed by atoms with Gasteiger partial charge in [0.2, 0.25) is 5.91 Å². The lowest BCUT2D eigenvalue weighted by atomic mass is 9.80. The number of carbonyl (C=O) groups is 1. The van der Waals surface area contributed by atoms with Gasteiger partial charge in [-0.15, -0.1) is 0 Å². The molecule has 1 fully saturated rings.